The fourth-order valence-corrected chi connectivity index (χ4v) is 1.49. The quantitative estimate of drug-likeness (QED) is 0.422. The summed E-state index contributed by atoms with van der Waals surface area (Å²) in [6, 6.07) is 8.02. The molecule has 1 atom stereocenters. The van der Waals surface area contributed by atoms with E-state index in [9.17, 15) is 4.79 Å². The lowest BCUT2D eigenvalue weighted by Crippen LogP contribution is -2.10. The van der Waals surface area contributed by atoms with Crippen LogP contribution >= 0.6 is 0 Å². The number of rotatable bonds is 7. The third-order valence-corrected chi connectivity index (χ3v) is 2.82. The Balaban J connectivity index is 2.35. The van der Waals surface area contributed by atoms with Crippen molar-refractivity contribution in [3.63, 3.8) is 0 Å². The Morgan fingerprint density at radius 3 is 2.56 bits per heavy atom. The van der Waals surface area contributed by atoms with Gasteiger partial charge in [0.15, 0.2) is 0 Å². The number of esters is 1. The van der Waals surface area contributed by atoms with Crippen molar-refractivity contribution in [2.75, 3.05) is 13.2 Å². The first-order valence-corrected chi connectivity index (χ1v) is 6.19. The zero-order valence-electron chi connectivity index (χ0n) is 11.0. The van der Waals surface area contributed by atoms with Crippen LogP contribution in [0, 0.1) is 0 Å². The zero-order valence-corrected chi connectivity index (χ0v) is 11.0. The van der Waals surface area contributed by atoms with Crippen LogP contribution in [0.2, 0.25) is 0 Å². The second-order valence-corrected chi connectivity index (χ2v) is 4.10. The highest BCUT2D eigenvalue weighted by molar-refractivity contribution is 5.81. The molecule has 0 N–H and O–H groups in total. The van der Waals surface area contributed by atoms with E-state index in [1.54, 1.807) is 0 Å². The van der Waals surface area contributed by atoms with Crippen LogP contribution < -0.4 is 4.74 Å². The maximum Gasteiger partial charge on any atom is 0.330 e. The lowest BCUT2D eigenvalue weighted by Gasteiger charge is -2.10. The third kappa shape index (κ3) is 4.62. The van der Waals surface area contributed by atoms with Crippen LogP contribution in [-0.4, -0.2) is 19.2 Å². The van der Waals surface area contributed by atoms with Crippen molar-refractivity contribution < 1.29 is 14.3 Å². The van der Waals surface area contributed by atoms with E-state index in [4.69, 9.17) is 9.47 Å². The van der Waals surface area contributed by atoms with Gasteiger partial charge in [-0.1, -0.05) is 32.6 Å². The highest BCUT2D eigenvalue weighted by Crippen LogP contribution is 2.21. The molecule has 0 spiro atoms. The number of hydrogen-bond acceptors (Lipinski definition) is 3. The average Bonchev–Trinajstić information content (AvgIpc) is 2.43. The molecule has 0 aliphatic carbocycles. The molecule has 1 aromatic carbocycles. The molecule has 0 aliphatic rings. The van der Waals surface area contributed by atoms with Gasteiger partial charge in [-0.25, -0.2) is 4.79 Å². The van der Waals surface area contributed by atoms with E-state index in [2.05, 4.69) is 32.6 Å². The van der Waals surface area contributed by atoms with Gasteiger partial charge in [0.1, 0.15) is 19.0 Å². The molecule has 0 radical (unpaired) electrons. The van der Waals surface area contributed by atoms with Gasteiger partial charge >= 0.3 is 5.97 Å². The van der Waals surface area contributed by atoms with Crippen LogP contribution in [0.5, 0.6) is 5.75 Å². The Morgan fingerprint density at radius 1 is 1.33 bits per heavy atom. The molecule has 0 saturated carbocycles. The molecular weight excluding hydrogens is 228 g/mol. The lowest BCUT2D eigenvalue weighted by molar-refractivity contribution is -0.138. The Kier molecular flexibility index (Phi) is 5.98. The number of ether oxygens (including phenoxy) is 2. The summed E-state index contributed by atoms with van der Waals surface area (Å²) >= 11 is 0. The molecule has 0 aromatic heterocycles. The van der Waals surface area contributed by atoms with Crippen molar-refractivity contribution in [1.82, 2.24) is 0 Å². The Labute approximate surface area is 108 Å². The van der Waals surface area contributed by atoms with Crippen molar-refractivity contribution in [2.45, 2.75) is 26.2 Å². The molecule has 0 heterocycles. The highest BCUT2D eigenvalue weighted by atomic mass is 16.6. The van der Waals surface area contributed by atoms with Crippen LogP contribution in [0.4, 0.5) is 0 Å². The van der Waals surface area contributed by atoms with Gasteiger partial charge in [-0.15, -0.1) is 0 Å². The molecular formula is C15H20O3. The minimum absolute atomic E-state index is 0.234. The molecule has 18 heavy (non-hydrogen) atoms. The van der Waals surface area contributed by atoms with Crippen molar-refractivity contribution in [1.29, 1.82) is 0 Å². The summed E-state index contributed by atoms with van der Waals surface area (Å²) in [6.07, 6.45) is 2.26. The number of carbonyl (C=O) groups is 1. The summed E-state index contributed by atoms with van der Waals surface area (Å²) in [4.78, 5) is 10.8. The van der Waals surface area contributed by atoms with E-state index in [1.165, 1.54) is 5.56 Å². The van der Waals surface area contributed by atoms with Crippen LogP contribution in [0.25, 0.3) is 0 Å². The third-order valence-electron chi connectivity index (χ3n) is 2.82. The topological polar surface area (TPSA) is 35.5 Å². The molecule has 3 nitrogen and oxygen atoms in total. The number of carbonyl (C=O) groups excluding carboxylic acids is 1. The smallest absolute Gasteiger partial charge is 0.330 e. The fraction of sp³-hybridized carbons (Fsp3) is 0.400. The summed E-state index contributed by atoms with van der Waals surface area (Å²) < 4.78 is 10.3. The van der Waals surface area contributed by atoms with Gasteiger partial charge in [0.2, 0.25) is 0 Å². The summed E-state index contributed by atoms with van der Waals surface area (Å²) in [5.74, 6) is 0.926. The molecule has 0 fully saturated rings. The second-order valence-electron chi connectivity index (χ2n) is 4.10. The van der Waals surface area contributed by atoms with Crippen molar-refractivity contribution in [2.24, 2.45) is 0 Å². The summed E-state index contributed by atoms with van der Waals surface area (Å²) in [6.45, 7) is 8.27. The molecule has 0 saturated heterocycles. The standard InChI is InChI=1S/C15H20O3/c1-4-12(3)13-6-8-14(9-7-13)17-10-11-18-15(16)5-2/h5-9,12H,2,4,10-11H2,1,3H3. The van der Waals surface area contributed by atoms with Gasteiger partial charge in [-0.05, 0) is 30.0 Å². The molecule has 0 amide bonds. The van der Waals surface area contributed by atoms with Crippen LogP contribution in [-0.2, 0) is 9.53 Å². The van der Waals surface area contributed by atoms with Gasteiger partial charge in [0, 0.05) is 6.08 Å². The first-order chi connectivity index (χ1) is 8.67. The predicted molar refractivity (Wildman–Crippen MR) is 71.8 cm³/mol. The van der Waals surface area contributed by atoms with Crippen molar-refractivity contribution in [3.8, 4) is 5.75 Å². The first kappa shape index (κ1) is 14.3. The molecule has 1 unspecified atom stereocenters. The van der Waals surface area contributed by atoms with Gasteiger partial charge in [-0.3, -0.25) is 0 Å². The minimum Gasteiger partial charge on any atom is -0.490 e. The molecule has 3 heteroatoms. The highest BCUT2D eigenvalue weighted by Gasteiger charge is 2.02. The first-order valence-electron chi connectivity index (χ1n) is 6.19. The Morgan fingerprint density at radius 2 is 2.00 bits per heavy atom. The van der Waals surface area contributed by atoms with Crippen LogP contribution in [0.15, 0.2) is 36.9 Å². The van der Waals surface area contributed by atoms with Crippen molar-refractivity contribution in [3.05, 3.63) is 42.5 Å². The maximum absolute atomic E-state index is 10.8. The van der Waals surface area contributed by atoms with Gasteiger partial charge in [0.25, 0.3) is 0 Å². The maximum atomic E-state index is 10.8. The summed E-state index contributed by atoms with van der Waals surface area (Å²) in [5, 5.41) is 0. The Bertz CT molecular complexity index is 381. The zero-order chi connectivity index (χ0) is 13.4. The molecule has 98 valence electrons. The normalized spacial score (nSPS) is 11.7. The number of hydrogen-bond donors (Lipinski definition) is 0. The van der Waals surface area contributed by atoms with Gasteiger partial charge in [-0.2, -0.15) is 0 Å². The number of benzene rings is 1. The van der Waals surface area contributed by atoms with E-state index in [0.717, 1.165) is 18.2 Å². The fourth-order valence-electron chi connectivity index (χ4n) is 1.49. The van der Waals surface area contributed by atoms with E-state index >= 15 is 0 Å². The van der Waals surface area contributed by atoms with E-state index in [-0.39, 0.29) is 6.61 Å². The van der Waals surface area contributed by atoms with Crippen LogP contribution in [0.3, 0.4) is 0 Å². The Hall–Kier alpha value is -1.77. The monoisotopic (exact) mass is 248 g/mol. The second kappa shape index (κ2) is 7.54. The predicted octanol–water partition coefficient (Wildman–Crippen LogP) is 3.31. The molecule has 1 aromatic rings. The minimum atomic E-state index is -0.425. The average molecular weight is 248 g/mol. The van der Waals surface area contributed by atoms with E-state index in [1.807, 2.05) is 12.1 Å². The van der Waals surface area contributed by atoms with Gasteiger partial charge in [0.05, 0.1) is 0 Å². The van der Waals surface area contributed by atoms with E-state index in [0.29, 0.717) is 12.5 Å². The van der Waals surface area contributed by atoms with E-state index < -0.39 is 5.97 Å². The summed E-state index contributed by atoms with van der Waals surface area (Å²) in [7, 11) is 0. The molecule has 1 rings (SSSR count). The largest absolute Gasteiger partial charge is 0.490 e. The van der Waals surface area contributed by atoms with Crippen molar-refractivity contribution >= 4 is 5.97 Å². The summed E-state index contributed by atoms with van der Waals surface area (Å²) in [5.41, 5.74) is 1.31. The lowest BCUT2D eigenvalue weighted by atomic mass is 9.99. The van der Waals surface area contributed by atoms with Crippen LogP contribution in [0.1, 0.15) is 31.7 Å². The SMILES string of the molecule is C=CC(=O)OCCOc1ccc(C(C)CC)cc1. The molecule has 0 aliphatic heterocycles. The van der Waals surface area contributed by atoms with Gasteiger partial charge < -0.3 is 9.47 Å². The molecule has 0 bridgehead atoms.